The van der Waals surface area contributed by atoms with E-state index in [1.165, 1.54) is 11.3 Å². The minimum Gasteiger partial charge on any atom is -0.456 e. The lowest BCUT2D eigenvalue weighted by Crippen LogP contribution is -2.21. The number of aryl methyl sites for hydroxylation is 1. The summed E-state index contributed by atoms with van der Waals surface area (Å²) in [4.78, 5) is 37.4. The summed E-state index contributed by atoms with van der Waals surface area (Å²) < 4.78 is 4.97. The number of ketones is 1. The Morgan fingerprint density at radius 1 is 1.08 bits per heavy atom. The van der Waals surface area contributed by atoms with Crippen molar-refractivity contribution >= 4 is 34.7 Å². The third kappa shape index (κ3) is 5.81. The molecule has 2 aromatic rings. The van der Waals surface area contributed by atoms with Crippen molar-refractivity contribution in [3.63, 3.8) is 0 Å². The Balaban J connectivity index is 1.77. The van der Waals surface area contributed by atoms with Gasteiger partial charge in [-0.1, -0.05) is 32.0 Å². The van der Waals surface area contributed by atoms with Crippen molar-refractivity contribution in [2.75, 3.05) is 11.9 Å². The highest BCUT2D eigenvalue weighted by atomic mass is 32.1. The predicted molar refractivity (Wildman–Crippen MR) is 103 cm³/mol. The summed E-state index contributed by atoms with van der Waals surface area (Å²) in [7, 11) is 0. The van der Waals surface area contributed by atoms with E-state index in [1.54, 1.807) is 6.07 Å². The van der Waals surface area contributed by atoms with Crippen molar-refractivity contribution in [3.05, 3.63) is 51.7 Å². The van der Waals surface area contributed by atoms with Gasteiger partial charge in [0, 0.05) is 17.0 Å². The highest BCUT2D eigenvalue weighted by Gasteiger charge is 2.14. The SMILES string of the molecule is Cc1ccc(C(=O)CCC(=O)OCC(=O)Nc2ccccc2C(C)C)s1. The van der Waals surface area contributed by atoms with Gasteiger partial charge in [0.2, 0.25) is 0 Å². The van der Waals surface area contributed by atoms with Gasteiger partial charge in [-0.15, -0.1) is 11.3 Å². The second kappa shape index (κ2) is 9.29. The molecule has 6 heteroatoms. The maximum atomic E-state index is 12.0. The Hall–Kier alpha value is -2.47. The molecule has 0 fully saturated rings. The van der Waals surface area contributed by atoms with Gasteiger partial charge in [-0.25, -0.2) is 0 Å². The van der Waals surface area contributed by atoms with E-state index in [0.717, 1.165) is 10.4 Å². The third-order valence-electron chi connectivity index (χ3n) is 3.79. The second-order valence-electron chi connectivity index (χ2n) is 6.28. The zero-order valence-electron chi connectivity index (χ0n) is 15.2. The van der Waals surface area contributed by atoms with Gasteiger partial charge < -0.3 is 10.1 Å². The summed E-state index contributed by atoms with van der Waals surface area (Å²) in [5.41, 5.74) is 1.73. The monoisotopic (exact) mass is 373 g/mol. The number of carbonyl (C=O) groups excluding carboxylic acids is 3. The van der Waals surface area contributed by atoms with E-state index in [2.05, 4.69) is 5.32 Å². The minimum atomic E-state index is -0.557. The first-order valence-corrected chi connectivity index (χ1v) is 9.32. The molecule has 0 saturated carbocycles. The van der Waals surface area contributed by atoms with Gasteiger partial charge in [-0.2, -0.15) is 0 Å². The molecule has 0 atom stereocenters. The highest BCUT2D eigenvalue weighted by Crippen LogP contribution is 2.23. The van der Waals surface area contributed by atoms with Crippen LogP contribution in [0, 0.1) is 6.92 Å². The van der Waals surface area contributed by atoms with Crippen LogP contribution in [0.4, 0.5) is 5.69 Å². The topological polar surface area (TPSA) is 72.5 Å². The van der Waals surface area contributed by atoms with Crippen LogP contribution in [0.2, 0.25) is 0 Å². The number of anilines is 1. The average molecular weight is 373 g/mol. The number of para-hydroxylation sites is 1. The summed E-state index contributed by atoms with van der Waals surface area (Å²) in [6, 6.07) is 11.1. The second-order valence-corrected chi connectivity index (χ2v) is 7.57. The molecule has 0 aliphatic carbocycles. The summed E-state index contributed by atoms with van der Waals surface area (Å²) in [5.74, 6) is -0.776. The Kier molecular flexibility index (Phi) is 7.09. The summed E-state index contributed by atoms with van der Waals surface area (Å²) in [6.45, 7) is 5.64. The van der Waals surface area contributed by atoms with Crippen molar-refractivity contribution in [3.8, 4) is 0 Å². The van der Waals surface area contributed by atoms with Gasteiger partial charge in [0.05, 0.1) is 11.3 Å². The molecular formula is C20H23NO4S. The Morgan fingerprint density at radius 2 is 1.81 bits per heavy atom. The van der Waals surface area contributed by atoms with Crippen LogP contribution < -0.4 is 5.32 Å². The average Bonchev–Trinajstić information content (AvgIpc) is 3.04. The summed E-state index contributed by atoms with van der Waals surface area (Å²) >= 11 is 1.40. The highest BCUT2D eigenvalue weighted by molar-refractivity contribution is 7.14. The van der Waals surface area contributed by atoms with Crippen molar-refractivity contribution in [2.45, 2.75) is 39.5 Å². The lowest BCUT2D eigenvalue weighted by molar-refractivity contribution is -0.147. The normalized spacial score (nSPS) is 10.6. The Bertz CT molecular complexity index is 795. The molecule has 2 rings (SSSR count). The van der Waals surface area contributed by atoms with Crippen molar-refractivity contribution in [1.29, 1.82) is 0 Å². The molecule has 1 amide bonds. The van der Waals surface area contributed by atoms with Gasteiger partial charge in [0.15, 0.2) is 12.4 Å². The van der Waals surface area contributed by atoms with Crippen LogP contribution >= 0.6 is 11.3 Å². The van der Waals surface area contributed by atoms with E-state index in [1.807, 2.05) is 51.1 Å². The summed E-state index contributed by atoms with van der Waals surface area (Å²) in [5, 5.41) is 2.76. The first-order chi connectivity index (χ1) is 12.4. The molecule has 0 radical (unpaired) electrons. The molecule has 0 aliphatic rings. The van der Waals surface area contributed by atoms with Gasteiger partial charge in [0.1, 0.15) is 0 Å². The number of ether oxygens (including phenoxy) is 1. The number of rotatable bonds is 8. The number of thiophene rings is 1. The zero-order valence-corrected chi connectivity index (χ0v) is 16.0. The molecule has 1 aromatic heterocycles. The number of amides is 1. The van der Waals surface area contributed by atoms with E-state index in [4.69, 9.17) is 4.74 Å². The van der Waals surface area contributed by atoms with Crippen LogP contribution in [0.25, 0.3) is 0 Å². The third-order valence-corrected chi connectivity index (χ3v) is 4.83. The molecular weight excluding hydrogens is 350 g/mol. The maximum Gasteiger partial charge on any atom is 0.306 e. The number of carbonyl (C=O) groups is 3. The number of nitrogens with one attached hydrogen (secondary N) is 1. The van der Waals surface area contributed by atoms with Crippen LogP contribution in [-0.4, -0.2) is 24.3 Å². The first kappa shape index (κ1) is 19.8. The molecule has 0 spiro atoms. The van der Waals surface area contributed by atoms with Crippen LogP contribution in [0.3, 0.4) is 0 Å². The number of benzene rings is 1. The standard InChI is InChI=1S/C20H23NO4S/c1-13(2)15-6-4-5-7-16(15)21-19(23)12-25-20(24)11-9-17(22)18-10-8-14(3)26-18/h4-8,10,13H,9,11-12H2,1-3H3,(H,21,23). The summed E-state index contributed by atoms with van der Waals surface area (Å²) in [6.07, 6.45) is 0.0439. The first-order valence-electron chi connectivity index (χ1n) is 8.51. The van der Waals surface area contributed by atoms with Crippen LogP contribution in [-0.2, 0) is 14.3 Å². The van der Waals surface area contributed by atoms with Gasteiger partial charge >= 0.3 is 5.97 Å². The van der Waals surface area contributed by atoms with Crippen LogP contribution in [0.1, 0.15) is 52.7 Å². The molecule has 0 saturated heterocycles. The number of esters is 1. The van der Waals surface area contributed by atoms with Gasteiger partial charge in [0.25, 0.3) is 5.91 Å². The lowest BCUT2D eigenvalue weighted by Gasteiger charge is -2.13. The Morgan fingerprint density at radius 3 is 2.46 bits per heavy atom. The van der Waals surface area contributed by atoms with E-state index in [9.17, 15) is 14.4 Å². The fourth-order valence-corrected chi connectivity index (χ4v) is 3.28. The van der Waals surface area contributed by atoms with Crippen molar-refractivity contribution in [1.82, 2.24) is 0 Å². The molecule has 26 heavy (non-hydrogen) atoms. The van der Waals surface area contributed by atoms with Crippen molar-refractivity contribution < 1.29 is 19.1 Å². The van der Waals surface area contributed by atoms with Crippen LogP contribution in [0.5, 0.6) is 0 Å². The maximum absolute atomic E-state index is 12.0. The smallest absolute Gasteiger partial charge is 0.306 e. The van der Waals surface area contributed by atoms with Gasteiger partial charge in [-0.3, -0.25) is 14.4 Å². The quantitative estimate of drug-likeness (QED) is 0.552. The minimum absolute atomic E-state index is 0.0361. The van der Waals surface area contributed by atoms with Gasteiger partial charge in [-0.05, 0) is 36.6 Å². The number of Topliss-reactive ketones (excluding diaryl/α,β-unsaturated/α-hetero) is 1. The van der Waals surface area contributed by atoms with E-state index in [0.29, 0.717) is 10.6 Å². The molecule has 138 valence electrons. The fraction of sp³-hybridized carbons (Fsp3) is 0.350. The fourth-order valence-electron chi connectivity index (χ4n) is 2.44. The largest absolute Gasteiger partial charge is 0.456 e. The molecule has 0 bridgehead atoms. The Labute approximate surface area is 157 Å². The van der Waals surface area contributed by atoms with Crippen molar-refractivity contribution in [2.24, 2.45) is 0 Å². The van der Waals surface area contributed by atoms with E-state index in [-0.39, 0.29) is 31.1 Å². The zero-order chi connectivity index (χ0) is 19.1. The lowest BCUT2D eigenvalue weighted by atomic mass is 10.0. The molecule has 5 nitrogen and oxygen atoms in total. The van der Waals surface area contributed by atoms with Crippen LogP contribution in [0.15, 0.2) is 36.4 Å². The van der Waals surface area contributed by atoms with E-state index >= 15 is 0 Å². The van der Waals surface area contributed by atoms with E-state index < -0.39 is 11.9 Å². The number of hydrogen-bond donors (Lipinski definition) is 1. The predicted octanol–water partition coefficient (Wildman–Crippen LogP) is 4.32. The molecule has 1 heterocycles. The molecule has 0 unspecified atom stereocenters. The molecule has 1 N–H and O–H groups in total. The number of hydrogen-bond acceptors (Lipinski definition) is 5. The molecule has 1 aromatic carbocycles. The molecule has 0 aliphatic heterocycles.